The van der Waals surface area contributed by atoms with Crippen LogP contribution in [-0.4, -0.2) is 4.98 Å². The monoisotopic (exact) mass is 310 g/mol. The molecular weight excluding hydrogens is 307 g/mol. The summed E-state index contributed by atoms with van der Waals surface area (Å²) >= 11 is 9.64. The second kappa shape index (κ2) is 3.01. The van der Waals surface area contributed by atoms with Gasteiger partial charge in [0.25, 0.3) is 0 Å². The molecule has 1 aromatic carbocycles. The van der Waals surface area contributed by atoms with E-state index in [2.05, 4.69) is 27.6 Å². The molecule has 0 bridgehead atoms. The van der Waals surface area contributed by atoms with E-state index in [-0.39, 0.29) is 0 Å². The molecule has 2 N–H and O–H groups in total. The minimum absolute atomic E-state index is 0.566. The topological polar surface area (TPSA) is 38.9 Å². The molecular formula is C7H4ClIN2S. The summed E-state index contributed by atoms with van der Waals surface area (Å²) in [6.07, 6.45) is 0. The maximum Gasteiger partial charge on any atom is 0.181 e. The van der Waals surface area contributed by atoms with Crippen molar-refractivity contribution in [2.45, 2.75) is 0 Å². The zero-order valence-corrected chi connectivity index (χ0v) is 9.57. The summed E-state index contributed by atoms with van der Waals surface area (Å²) in [5.41, 5.74) is 6.38. The molecule has 2 aromatic rings. The largest absolute Gasteiger partial charge is 0.375 e. The smallest absolute Gasteiger partial charge is 0.181 e. The molecule has 12 heavy (non-hydrogen) atoms. The standard InChI is InChI=1S/C7H4ClIN2S/c8-3-1-2-4(9)6-5(3)11-7(10)12-6/h1-2H,(H2,10,11). The van der Waals surface area contributed by atoms with E-state index in [1.165, 1.54) is 11.3 Å². The highest BCUT2D eigenvalue weighted by molar-refractivity contribution is 14.1. The molecule has 1 heterocycles. The SMILES string of the molecule is Nc1nc2c(Cl)ccc(I)c2s1. The van der Waals surface area contributed by atoms with E-state index in [1.807, 2.05) is 12.1 Å². The normalized spacial score (nSPS) is 10.8. The van der Waals surface area contributed by atoms with Gasteiger partial charge in [0.1, 0.15) is 5.52 Å². The predicted molar refractivity (Wildman–Crippen MR) is 61.8 cm³/mol. The van der Waals surface area contributed by atoms with Crippen molar-refractivity contribution in [2.75, 3.05) is 5.73 Å². The van der Waals surface area contributed by atoms with Crippen LogP contribution < -0.4 is 5.73 Å². The Hall–Kier alpha value is -0.0700. The fourth-order valence-electron chi connectivity index (χ4n) is 0.961. The number of nitrogens with two attached hydrogens (primary N) is 1. The van der Waals surface area contributed by atoms with Crippen molar-refractivity contribution >= 4 is 60.9 Å². The van der Waals surface area contributed by atoms with Gasteiger partial charge >= 0.3 is 0 Å². The van der Waals surface area contributed by atoms with Crippen LogP contribution in [0, 0.1) is 3.57 Å². The van der Waals surface area contributed by atoms with E-state index < -0.39 is 0 Å². The third-order valence-corrected chi connectivity index (χ3v) is 3.95. The summed E-state index contributed by atoms with van der Waals surface area (Å²) in [7, 11) is 0. The highest BCUT2D eigenvalue weighted by Crippen LogP contribution is 2.32. The van der Waals surface area contributed by atoms with Gasteiger partial charge in [-0.1, -0.05) is 22.9 Å². The Morgan fingerprint density at radius 2 is 2.25 bits per heavy atom. The number of thiazole rings is 1. The number of hydrogen-bond acceptors (Lipinski definition) is 3. The summed E-state index contributed by atoms with van der Waals surface area (Å²) in [5, 5.41) is 1.23. The molecule has 0 saturated heterocycles. The van der Waals surface area contributed by atoms with Crippen LogP contribution in [0.15, 0.2) is 12.1 Å². The minimum atomic E-state index is 0.566. The van der Waals surface area contributed by atoms with E-state index in [0.717, 1.165) is 13.8 Å². The van der Waals surface area contributed by atoms with Crippen LogP contribution in [0.5, 0.6) is 0 Å². The molecule has 0 saturated carbocycles. The van der Waals surface area contributed by atoms with Crippen molar-refractivity contribution in [1.29, 1.82) is 0 Å². The van der Waals surface area contributed by atoms with Crippen LogP contribution in [0.3, 0.4) is 0 Å². The summed E-state index contributed by atoms with van der Waals surface area (Å²) in [5.74, 6) is 0. The van der Waals surface area contributed by atoms with Gasteiger partial charge in [-0.15, -0.1) is 0 Å². The first-order chi connectivity index (χ1) is 5.68. The van der Waals surface area contributed by atoms with Gasteiger partial charge in [-0.3, -0.25) is 0 Å². The molecule has 5 heteroatoms. The molecule has 0 aliphatic heterocycles. The first-order valence-corrected chi connectivity index (χ1v) is 5.46. The highest BCUT2D eigenvalue weighted by Gasteiger charge is 2.07. The van der Waals surface area contributed by atoms with E-state index in [1.54, 1.807) is 0 Å². The zero-order chi connectivity index (χ0) is 8.72. The lowest BCUT2D eigenvalue weighted by atomic mass is 10.3. The Bertz CT molecular complexity index is 401. The van der Waals surface area contributed by atoms with Gasteiger partial charge in [0, 0.05) is 3.57 Å². The third-order valence-electron chi connectivity index (χ3n) is 1.46. The molecule has 0 atom stereocenters. The average molecular weight is 311 g/mol. The van der Waals surface area contributed by atoms with Crippen LogP contribution in [0.1, 0.15) is 0 Å². The van der Waals surface area contributed by atoms with Crippen LogP contribution in [0.4, 0.5) is 5.13 Å². The predicted octanol–water partition coefficient (Wildman–Crippen LogP) is 3.14. The van der Waals surface area contributed by atoms with Crippen molar-refractivity contribution in [3.8, 4) is 0 Å². The second-order valence-corrected chi connectivity index (χ2v) is 4.86. The lowest BCUT2D eigenvalue weighted by Gasteiger charge is -1.92. The summed E-state index contributed by atoms with van der Waals surface area (Å²) in [6.45, 7) is 0. The van der Waals surface area contributed by atoms with Crippen molar-refractivity contribution < 1.29 is 0 Å². The van der Waals surface area contributed by atoms with Gasteiger partial charge in [-0.05, 0) is 34.7 Å². The van der Waals surface area contributed by atoms with E-state index in [9.17, 15) is 0 Å². The van der Waals surface area contributed by atoms with E-state index in [0.29, 0.717) is 10.2 Å². The average Bonchev–Trinajstić information content (AvgIpc) is 2.41. The zero-order valence-electron chi connectivity index (χ0n) is 5.84. The van der Waals surface area contributed by atoms with E-state index >= 15 is 0 Å². The van der Waals surface area contributed by atoms with Crippen LogP contribution in [0.25, 0.3) is 10.2 Å². The number of aromatic nitrogens is 1. The molecule has 0 aliphatic carbocycles. The van der Waals surface area contributed by atoms with Crippen molar-refractivity contribution in [3.05, 3.63) is 20.7 Å². The molecule has 1 aromatic heterocycles. The molecule has 2 nitrogen and oxygen atoms in total. The number of fused-ring (bicyclic) bond motifs is 1. The molecule has 2 rings (SSSR count). The molecule has 0 spiro atoms. The second-order valence-electron chi connectivity index (χ2n) is 2.26. The van der Waals surface area contributed by atoms with Gasteiger partial charge < -0.3 is 5.73 Å². The van der Waals surface area contributed by atoms with Crippen molar-refractivity contribution in [3.63, 3.8) is 0 Å². The fourth-order valence-corrected chi connectivity index (χ4v) is 2.75. The number of anilines is 1. The maximum absolute atomic E-state index is 5.93. The summed E-state index contributed by atoms with van der Waals surface area (Å²) in [6, 6.07) is 3.80. The Morgan fingerprint density at radius 3 is 2.92 bits per heavy atom. The minimum Gasteiger partial charge on any atom is -0.375 e. The number of nitrogen functional groups attached to an aromatic ring is 1. The number of benzene rings is 1. The highest BCUT2D eigenvalue weighted by atomic mass is 127. The van der Waals surface area contributed by atoms with E-state index in [4.69, 9.17) is 17.3 Å². The number of hydrogen-bond donors (Lipinski definition) is 1. The van der Waals surface area contributed by atoms with Crippen LogP contribution >= 0.6 is 45.5 Å². The molecule has 0 amide bonds. The number of rotatable bonds is 0. The molecule has 0 fully saturated rings. The van der Waals surface area contributed by atoms with Crippen LogP contribution in [-0.2, 0) is 0 Å². The lowest BCUT2D eigenvalue weighted by Crippen LogP contribution is -1.79. The summed E-state index contributed by atoms with van der Waals surface area (Å²) < 4.78 is 2.21. The van der Waals surface area contributed by atoms with Crippen molar-refractivity contribution in [1.82, 2.24) is 4.98 Å². The molecule has 0 unspecified atom stereocenters. The Morgan fingerprint density at radius 1 is 1.50 bits per heavy atom. The van der Waals surface area contributed by atoms with Gasteiger partial charge in [0.2, 0.25) is 0 Å². The fraction of sp³-hybridized carbons (Fsp3) is 0. The van der Waals surface area contributed by atoms with Gasteiger partial charge in [-0.2, -0.15) is 0 Å². The lowest BCUT2D eigenvalue weighted by molar-refractivity contribution is 1.49. The maximum atomic E-state index is 5.93. The molecule has 62 valence electrons. The first-order valence-electron chi connectivity index (χ1n) is 3.18. The summed E-state index contributed by atoms with van der Waals surface area (Å²) in [4.78, 5) is 4.13. The Balaban J connectivity index is 2.93. The van der Waals surface area contributed by atoms with Crippen molar-refractivity contribution in [2.24, 2.45) is 0 Å². The van der Waals surface area contributed by atoms with Crippen LogP contribution in [0.2, 0.25) is 5.02 Å². The molecule has 0 radical (unpaired) electrons. The third kappa shape index (κ3) is 1.27. The van der Waals surface area contributed by atoms with Gasteiger partial charge in [0.05, 0.1) is 9.72 Å². The number of nitrogens with zero attached hydrogens (tertiary/aromatic N) is 1. The van der Waals surface area contributed by atoms with Gasteiger partial charge in [0.15, 0.2) is 5.13 Å². The first kappa shape index (κ1) is 8.52. The number of halogens is 2. The Labute approximate surface area is 91.9 Å². The molecule has 0 aliphatic rings. The Kier molecular flexibility index (Phi) is 2.14. The van der Waals surface area contributed by atoms with Gasteiger partial charge in [-0.25, -0.2) is 4.98 Å². The quantitative estimate of drug-likeness (QED) is 0.759.